The molecule has 2 N–H and O–H groups in total. The van der Waals surface area contributed by atoms with Crippen molar-refractivity contribution in [3.8, 4) is 0 Å². The Morgan fingerprint density at radius 1 is 1.53 bits per heavy atom. The second kappa shape index (κ2) is 5.24. The van der Waals surface area contributed by atoms with Crippen molar-refractivity contribution in [1.29, 1.82) is 0 Å². The smallest absolute Gasteiger partial charge is 0.266 e. The fourth-order valence-corrected chi connectivity index (χ4v) is 3.64. The van der Waals surface area contributed by atoms with E-state index in [1.165, 1.54) is 0 Å². The van der Waals surface area contributed by atoms with Crippen LogP contribution in [0.15, 0.2) is 22.0 Å². The van der Waals surface area contributed by atoms with Crippen molar-refractivity contribution >= 4 is 21.6 Å². The molecule has 0 amide bonds. The van der Waals surface area contributed by atoms with Gasteiger partial charge in [0.05, 0.1) is 17.0 Å². The lowest BCUT2D eigenvalue weighted by molar-refractivity contribution is 0.0386. The molecule has 0 aliphatic carbocycles. The summed E-state index contributed by atoms with van der Waals surface area (Å²) in [5.41, 5.74) is -1.16. The Hall–Kier alpha value is -0.890. The number of sulfonamides is 1. The maximum absolute atomic E-state index is 12.2. The number of hydrogen-bond donors (Lipinski definition) is 2. The molecule has 1 atom stereocenters. The first kappa shape index (κ1) is 14.5. The van der Waals surface area contributed by atoms with Gasteiger partial charge in [0, 0.05) is 12.8 Å². The van der Waals surface area contributed by atoms with Gasteiger partial charge in [0.1, 0.15) is 5.02 Å². The number of aromatic amines is 1. The average Bonchev–Trinajstić information content (AvgIpc) is 2.32. The first-order valence-corrected chi connectivity index (χ1v) is 7.68. The first-order chi connectivity index (χ1) is 8.82. The molecule has 2 heterocycles. The van der Waals surface area contributed by atoms with E-state index in [1.54, 1.807) is 6.92 Å². The van der Waals surface area contributed by atoms with Crippen LogP contribution in [0, 0.1) is 0 Å². The van der Waals surface area contributed by atoms with Gasteiger partial charge in [-0.25, -0.2) is 13.1 Å². The Morgan fingerprint density at radius 2 is 2.26 bits per heavy atom. The Balaban J connectivity index is 2.27. The van der Waals surface area contributed by atoms with Crippen LogP contribution in [0.25, 0.3) is 0 Å². The molecule has 8 heteroatoms. The Labute approximate surface area is 116 Å². The zero-order valence-corrected chi connectivity index (χ0v) is 12.0. The van der Waals surface area contributed by atoms with Crippen LogP contribution >= 0.6 is 11.6 Å². The van der Waals surface area contributed by atoms with Crippen molar-refractivity contribution in [3.63, 3.8) is 0 Å². The summed E-state index contributed by atoms with van der Waals surface area (Å²) in [7, 11) is -3.74. The van der Waals surface area contributed by atoms with Gasteiger partial charge in [-0.2, -0.15) is 0 Å². The number of ether oxygens (including phenoxy) is 1. The summed E-state index contributed by atoms with van der Waals surface area (Å²) in [5, 5.41) is -0.159. The van der Waals surface area contributed by atoms with Gasteiger partial charge < -0.3 is 9.72 Å². The number of rotatable bonds is 3. The second-order valence-electron chi connectivity index (χ2n) is 4.83. The predicted octanol–water partition coefficient (Wildman–Crippen LogP) is 0.876. The van der Waals surface area contributed by atoms with E-state index in [0.29, 0.717) is 19.6 Å². The normalized spacial score (nSPS) is 24.3. The molecule has 0 bridgehead atoms. The molecule has 0 saturated carbocycles. The van der Waals surface area contributed by atoms with Crippen LogP contribution in [0.1, 0.15) is 19.8 Å². The molecule has 1 aliphatic rings. The molecule has 1 aliphatic heterocycles. The summed E-state index contributed by atoms with van der Waals surface area (Å²) >= 11 is 5.64. The zero-order chi connectivity index (χ0) is 14.1. The number of hydrogen-bond acceptors (Lipinski definition) is 4. The van der Waals surface area contributed by atoms with Gasteiger partial charge in [-0.05, 0) is 25.8 Å². The molecular formula is C11H15ClN2O4S. The number of aromatic nitrogens is 1. The van der Waals surface area contributed by atoms with Crippen molar-refractivity contribution in [2.24, 2.45) is 0 Å². The molecule has 1 saturated heterocycles. The van der Waals surface area contributed by atoms with Crippen LogP contribution in [0.5, 0.6) is 0 Å². The van der Waals surface area contributed by atoms with Crippen molar-refractivity contribution in [2.45, 2.75) is 30.2 Å². The molecule has 106 valence electrons. The van der Waals surface area contributed by atoms with Gasteiger partial charge in [-0.1, -0.05) is 11.6 Å². The maximum atomic E-state index is 12.2. The van der Waals surface area contributed by atoms with Crippen molar-refractivity contribution < 1.29 is 13.2 Å². The largest absolute Gasteiger partial charge is 0.380 e. The molecule has 19 heavy (non-hydrogen) atoms. The lowest BCUT2D eigenvalue weighted by Gasteiger charge is -2.33. The first-order valence-electron chi connectivity index (χ1n) is 5.82. The predicted molar refractivity (Wildman–Crippen MR) is 70.9 cm³/mol. The van der Waals surface area contributed by atoms with E-state index in [1.807, 2.05) is 0 Å². The van der Waals surface area contributed by atoms with Crippen LogP contribution in [0.3, 0.4) is 0 Å². The lowest BCUT2D eigenvalue weighted by Crippen LogP contribution is -2.51. The highest BCUT2D eigenvalue weighted by Gasteiger charge is 2.33. The van der Waals surface area contributed by atoms with E-state index in [-0.39, 0.29) is 9.92 Å². The number of pyridine rings is 1. The van der Waals surface area contributed by atoms with E-state index in [0.717, 1.165) is 18.7 Å². The molecule has 1 aromatic rings. The molecule has 2 rings (SSSR count). The van der Waals surface area contributed by atoms with E-state index in [9.17, 15) is 13.2 Å². The van der Waals surface area contributed by atoms with Gasteiger partial charge in [0.15, 0.2) is 0 Å². The van der Waals surface area contributed by atoms with Crippen LogP contribution in [0.4, 0.5) is 0 Å². The minimum atomic E-state index is -3.74. The molecule has 0 spiro atoms. The van der Waals surface area contributed by atoms with Crippen LogP contribution in [-0.4, -0.2) is 32.2 Å². The maximum Gasteiger partial charge on any atom is 0.266 e. The zero-order valence-electron chi connectivity index (χ0n) is 10.4. The lowest BCUT2D eigenvalue weighted by atomic mass is 9.97. The highest BCUT2D eigenvalue weighted by Crippen LogP contribution is 2.21. The summed E-state index contributed by atoms with van der Waals surface area (Å²) in [4.78, 5) is 13.3. The van der Waals surface area contributed by atoms with Gasteiger partial charge >= 0.3 is 0 Å². The van der Waals surface area contributed by atoms with Crippen LogP contribution < -0.4 is 10.3 Å². The summed E-state index contributed by atoms with van der Waals surface area (Å²) in [6.07, 6.45) is 2.62. The van der Waals surface area contributed by atoms with Gasteiger partial charge in [0.25, 0.3) is 5.56 Å². The quantitative estimate of drug-likeness (QED) is 0.867. The monoisotopic (exact) mass is 306 g/mol. The topological polar surface area (TPSA) is 88.3 Å². The second-order valence-corrected chi connectivity index (χ2v) is 6.92. The number of halogens is 1. The molecule has 0 radical (unpaired) electrons. The van der Waals surface area contributed by atoms with E-state index in [2.05, 4.69) is 9.71 Å². The van der Waals surface area contributed by atoms with Crippen molar-refractivity contribution in [1.82, 2.24) is 9.71 Å². The van der Waals surface area contributed by atoms with Crippen molar-refractivity contribution in [2.75, 3.05) is 13.2 Å². The third-order valence-electron chi connectivity index (χ3n) is 2.96. The Bertz CT molecular complexity index is 620. The SMILES string of the molecule is CC1(NS(=O)(=O)c2c[nH]c(=O)c(Cl)c2)CCCOC1. The molecule has 1 unspecified atom stereocenters. The van der Waals surface area contributed by atoms with Crippen LogP contribution in [-0.2, 0) is 14.8 Å². The number of H-pyrrole nitrogens is 1. The highest BCUT2D eigenvalue weighted by atomic mass is 35.5. The fourth-order valence-electron chi connectivity index (χ4n) is 1.99. The molecule has 6 nitrogen and oxygen atoms in total. The minimum Gasteiger partial charge on any atom is -0.380 e. The summed E-state index contributed by atoms with van der Waals surface area (Å²) < 4.78 is 32.3. The van der Waals surface area contributed by atoms with Gasteiger partial charge in [0.2, 0.25) is 10.0 Å². The average molecular weight is 307 g/mol. The van der Waals surface area contributed by atoms with E-state index in [4.69, 9.17) is 16.3 Å². The van der Waals surface area contributed by atoms with Gasteiger partial charge in [-0.3, -0.25) is 4.79 Å². The Kier molecular flexibility index (Phi) is 4.00. The summed E-state index contributed by atoms with van der Waals surface area (Å²) in [6.45, 7) is 2.75. The van der Waals surface area contributed by atoms with Crippen molar-refractivity contribution in [3.05, 3.63) is 27.6 Å². The van der Waals surface area contributed by atoms with Crippen LogP contribution in [0.2, 0.25) is 5.02 Å². The third-order valence-corrected chi connectivity index (χ3v) is 4.86. The molecule has 1 aromatic heterocycles. The van der Waals surface area contributed by atoms with Gasteiger partial charge in [-0.15, -0.1) is 0 Å². The molecule has 0 aromatic carbocycles. The fraction of sp³-hybridized carbons (Fsp3) is 0.545. The minimum absolute atomic E-state index is 0.0658. The highest BCUT2D eigenvalue weighted by molar-refractivity contribution is 7.89. The molecular weight excluding hydrogens is 292 g/mol. The standard InChI is InChI=1S/C11H15ClN2O4S/c1-11(3-2-4-18-7-11)14-19(16,17)8-5-9(12)10(15)13-6-8/h5-6,14H,2-4,7H2,1H3,(H,13,15). The third kappa shape index (κ3) is 3.36. The summed E-state index contributed by atoms with van der Waals surface area (Å²) in [5.74, 6) is 0. The molecule has 1 fully saturated rings. The van der Waals surface area contributed by atoms with E-state index < -0.39 is 21.1 Å². The van der Waals surface area contributed by atoms with E-state index >= 15 is 0 Å². The number of nitrogens with one attached hydrogen (secondary N) is 2. The summed E-state index contributed by atoms with van der Waals surface area (Å²) in [6, 6.07) is 1.13. The Morgan fingerprint density at radius 3 is 2.84 bits per heavy atom.